The van der Waals surface area contributed by atoms with Crippen LogP contribution in [0.3, 0.4) is 0 Å². The van der Waals surface area contributed by atoms with Gasteiger partial charge in [-0.2, -0.15) is 0 Å². The minimum Gasteiger partial charge on any atom is -0.352 e. The molecular weight excluding hydrogens is 242 g/mol. The van der Waals surface area contributed by atoms with Crippen LogP contribution in [-0.2, 0) is 11.2 Å². The molecule has 1 aromatic carbocycles. The van der Waals surface area contributed by atoms with Crippen LogP contribution in [0.2, 0.25) is 0 Å². The number of hydrogen-bond acceptors (Lipinski definition) is 2. The first-order chi connectivity index (χ1) is 9.16. The maximum atomic E-state index is 11.8. The van der Waals surface area contributed by atoms with Crippen LogP contribution in [-0.4, -0.2) is 18.5 Å². The van der Waals surface area contributed by atoms with Crippen LogP contribution in [0.1, 0.15) is 36.4 Å². The van der Waals surface area contributed by atoms with E-state index in [1.54, 1.807) is 0 Å². The molecule has 5 nitrogen and oxygen atoms in total. The van der Waals surface area contributed by atoms with Gasteiger partial charge in [-0.15, -0.1) is 0 Å². The molecule has 0 saturated heterocycles. The van der Waals surface area contributed by atoms with E-state index in [4.69, 9.17) is 5.73 Å². The van der Waals surface area contributed by atoms with E-state index >= 15 is 0 Å². The average molecular weight is 261 g/mol. The van der Waals surface area contributed by atoms with Crippen molar-refractivity contribution in [2.24, 2.45) is 5.73 Å². The van der Waals surface area contributed by atoms with Gasteiger partial charge in [0.25, 0.3) is 0 Å². The van der Waals surface area contributed by atoms with Gasteiger partial charge < -0.3 is 16.4 Å². The summed E-state index contributed by atoms with van der Waals surface area (Å²) in [4.78, 5) is 22.3. The van der Waals surface area contributed by atoms with Crippen LogP contribution < -0.4 is 16.4 Å². The van der Waals surface area contributed by atoms with Crippen LogP contribution in [0.4, 0.5) is 4.79 Å². The van der Waals surface area contributed by atoms with Crippen molar-refractivity contribution < 1.29 is 9.59 Å². The third-order valence-electron chi connectivity index (χ3n) is 3.36. The van der Waals surface area contributed by atoms with E-state index in [0.29, 0.717) is 0 Å². The maximum Gasteiger partial charge on any atom is 0.312 e. The fourth-order valence-corrected chi connectivity index (χ4v) is 2.47. The first-order valence-corrected chi connectivity index (χ1v) is 6.57. The first kappa shape index (κ1) is 13.4. The molecule has 1 unspecified atom stereocenters. The Morgan fingerprint density at radius 1 is 1.32 bits per heavy atom. The van der Waals surface area contributed by atoms with Crippen molar-refractivity contribution in [2.75, 3.05) is 6.54 Å². The molecule has 0 heterocycles. The van der Waals surface area contributed by atoms with Crippen LogP contribution in [0.25, 0.3) is 0 Å². The summed E-state index contributed by atoms with van der Waals surface area (Å²) >= 11 is 0. The van der Waals surface area contributed by atoms with Gasteiger partial charge in [-0.05, 0) is 30.4 Å². The van der Waals surface area contributed by atoms with Gasteiger partial charge in [-0.1, -0.05) is 24.3 Å². The Hall–Kier alpha value is -2.04. The van der Waals surface area contributed by atoms with Gasteiger partial charge in [0.2, 0.25) is 5.91 Å². The summed E-state index contributed by atoms with van der Waals surface area (Å²) in [5.41, 5.74) is 7.47. The Morgan fingerprint density at radius 2 is 2.11 bits per heavy atom. The van der Waals surface area contributed by atoms with E-state index in [9.17, 15) is 9.59 Å². The topological polar surface area (TPSA) is 84.2 Å². The van der Waals surface area contributed by atoms with Gasteiger partial charge in [0.15, 0.2) is 0 Å². The highest BCUT2D eigenvalue weighted by Gasteiger charge is 2.20. The van der Waals surface area contributed by atoms with Crippen molar-refractivity contribution in [3.8, 4) is 0 Å². The Kier molecular flexibility index (Phi) is 4.39. The Morgan fingerprint density at radius 3 is 2.89 bits per heavy atom. The molecule has 2 rings (SSSR count). The van der Waals surface area contributed by atoms with E-state index < -0.39 is 6.03 Å². The van der Waals surface area contributed by atoms with Gasteiger partial charge in [0.1, 0.15) is 0 Å². The number of nitrogens with one attached hydrogen (secondary N) is 2. The number of amides is 3. The second-order valence-corrected chi connectivity index (χ2v) is 4.75. The fourth-order valence-electron chi connectivity index (χ4n) is 2.47. The number of fused-ring (bicyclic) bond motifs is 1. The molecule has 1 aliphatic carbocycles. The second kappa shape index (κ2) is 6.22. The van der Waals surface area contributed by atoms with Crippen molar-refractivity contribution in [1.29, 1.82) is 0 Å². The number of primary amides is 1. The molecule has 1 aliphatic rings. The molecule has 0 fully saturated rings. The molecule has 5 heteroatoms. The zero-order valence-electron chi connectivity index (χ0n) is 10.8. The lowest BCUT2D eigenvalue weighted by molar-refractivity contribution is -0.121. The highest BCUT2D eigenvalue weighted by Crippen LogP contribution is 2.29. The van der Waals surface area contributed by atoms with Crippen molar-refractivity contribution in [3.63, 3.8) is 0 Å². The van der Waals surface area contributed by atoms with Gasteiger partial charge in [0.05, 0.1) is 6.04 Å². The van der Waals surface area contributed by atoms with Gasteiger partial charge in [-0.3, -0.25) is 4.79 Å². The lowest BCUT2D eigenvalue weighted by Gasteiger charge is -2.26. The molecule has 3 amide bonds. The summed E-state index contributed by atoms with van der Waals surface area (Å²) in [5.74, 6) is -0.0598. The largest absolute Gasteiger partial charge is 0.352 e. The van der Waals surface area contributed by atoms with Gasteiger partial charge >= 0.3 is 6.03 Å². The average Bonchev–Trinajstić information content (AvgIpc) is 2.39. The van der Waals surface area contributed by atoms with Crippen LogP contribution in [0.15, 0.2) is 24.3 Å². The summed E-state index contributed by atoms with van der Waals surface area (Å²) in [7, 11) is 0. The zero-order chi connectivity index (χ0) is 13.7. The molecule has 1 aromatic rings. The number of benzene rings is 1. The SMILES string of the molecule is NC(=O)NCCC(=O)NC1CCCc2ccccc21. The number of carbonyl (C=O) groups is 2. The molecule has 0 spiro atoms. The smallest absolute Gasteiger partial charge is 0.312 e. The lowest BCUT2D eigenvalue weighted by Crippen LogP contribution is -2.35. The molecule has 0 saturated carbocycles. The fraction of sp³-hybridized carbons (Fsp3) is 0.429. The van der Waals surface area contributed by atoms with E-state index in [0.717, 1.165) is 19.3 Å². The third kappa shape index (κ3) is 3.71. The van der Waals surface area contributed by atoms with Crippen LogP contribution in [0.5, 0.6) is 0 Å². The van der Waals surface area contributed by atoms with E-state index in [2.05, 4.69) is 22.8 Å². The highest BCUT2D eigenvalue weighted by atomic mass is 16.2. The van der Waals surface area contributed by atoms with Crippen molar-refractivity contribution >= 4 is 11.9 Å². The van der Waals surface area contributed by atoms with Gasteiger partial charge in [0, 0.05) is 13.0 Å². The monoisotopic (exact) mass is 261 g/mol. The van der Waals surface area contributed by atoms with Crippen LogP contribution >= 0.6 is 0 Å². The lowest BCUT2D eigenvalue weighted by atomic mass is 9.88. The first-order valence-electron chi connectivity index (χ1n) is 6.57. The molecule has 0 aliphatic heterocycles. The normalized spacial score (nSPS) is 17.4. The van der Waals surface area contributed by atoms with E-state index in [-0.39, 0.29) is 24.9 Å². The number of rotatable bonds is 4. The number of carbonyl (C=O) groups excluding carboxylic acids is 2. The summed E-state index contributed by atoms with van der Waals surface area (Å²) in [6.45, 7) is 0.273. The standard InChI is InChI=1S/C14H19N3O2/c15-14(19)16-9-8-13(18)17-12-7-3-5-10-4-1-2-6-11(10)12/h1-2,4,6,12H,3,5,7-9H2,(H,17,18)(H3,15,16,19). The van der Waals surface area contributed by atoms with Crippen molar-refractivity contribution in [1.82, 2.24) is 10.6 Å². The van der Waals surface area contributed by atoms with Crippen molar-refractivity contribution in [2.45, 2.75) is 31.7 Å². The molecule has 102 valence electrons. The predicted octanol–water partition coefficient (Wildman–Crippen LogP) is 1.24. The number of urea groups is 1. The molecular formula is C14H19N3O2. The zero-order valence-corrected chi connectivity index (χ0v) is 10.8. The molecule has 0 radical (unpaired) electrons. The highest BCUT2D eigenvalue weighted by molar-refractivity contribution is 5.78. The van der Waals surface area contributed by atoms with Crippen LogP contribution in [0, 0.1) is 0 Å². The molecule has 4 N–H and O–H groups in total. The van der Waals surface area contributed by atoms with E-state index in [1.807, 2.05) is 12.1 Å². The quantitative estimate of drug-likeness (QED) is 0.761. The number of hydrogen-bond donors (Lipinski definition) is 3. The summed E-state index contributed by atoms with van der Waals surface area (Å²) < 4.78 is 0. The molecule has 0 bridgehead atoms. The van der Waals surface area contributed by atoms with E-state index in [1.165, 1.54) is 11.1 Å². The molecule has 1 atom stereocenters. The number of aryl methyl sites for hydroxylation is 1. The van der Waals surface area contributed by atoms with Crippen molar-refractivity contribution in [3.05, 3.63) is 35.4 Å². The Balaban J connectivity index is 1.90. The summed E-state index contributed by atoms with van der Waals surface area (Å²) in [6.07, 6.45) is 3.38. The second-order valence-electron chi connectivity index (χ2n) is 4.75. The molecule has 0 aromatic heterocycles. The Labute approximate surface area is 112 Å². The summed E-state index contributed by atoms with van der Waals surface area (Å²) in [5, 5.41) is 5.43. The summed E-state index contributed by atoms with van der Waals surface area (Å²) in [6, 6.07) is 7.70. The number of nitrogens with two attached hydrogens (primary N) is 1. The van der Waals surface area contributed by atoms with Gasteiger partial charge in [-0.25, -0.2) is 4.79 Å². The Bertz CT molecular complexity index is 474. The minimum absolute atomic E-state index is 0.0598. The minimum atomic E-state index is -0.601. The third-order valence-corrected chi connectivity index (χ3v) is 3.36. The maximum absolute atomic E-state index is 11.8. The predicted molar refractivity (Wildman–Crippen MR) is 72.5 cm³/mol. The molecule has 19 heavy (non-hydrogen) atoms.